The molecule has 8 heteroatoms. The summed E-state index contributed by atoms with van der Waals surface area (Å²) in [7, 11) is 0. The predicted molar refractivity (Wildman–Crippen MR) is 118 cm³/mol. The van der Waals surface area contributed by atoms with Crippen molar-refractivity contribution < 1.29 is 18.9 Å². The molecule has 2 aromatic rings. The van der Waals surface area contributed by atoms with Crippen LogP contribution in [-0.4, -0.2) is 75.3 Å². The third-order valence-corrected chi connectivity index (χ3v) is 5.94. The maximum atomic E-state index is 5.87. The molecule has 4 heterocycles. The molecule has 2 unspecified atom stereocenters. The van der Waals surface area contributed by atoms with Gasteiger partial charge in [0.1, 0.15) is 30.1 Å². The van der Waals surface area contributed by atoms with Gasteiger partial charge in [-0.1, -0.05) is 12.1 Å². The van der Waals surface area contributed by atoms with Crippen molar-refractivity contribution in [1.29, 1.82) is 0 Å². The summed E-state index contributed by atoms with van der Waals surface area (Å²) in [4.78, 5) is 12.2. The van der Waals surface area contributed by atoms with Crippen molar-refractivity contribution in [3.05, 3.63) is 29.8 Å². The molecule has 0 radical (unpaired) electrons. The number of hydrogen-bond acceptors (Lipinski definition) is 8. The molecule has 0 spiro atoms. The summed E-state index contributed by atoms with van der Waals surface area (Å²) in [5.41, 5.74) is 2.01. The van der Waals surface area contributed by atoms with Crippen LogP contribution in [0.15, 0.2) is 24.3 Å². The molecule has 31 heavy (non-hydrogen) atoms. The van der Waals surface area contributed by atoms with E-state index in [1.807, 2.05) is 24.3 Å². The zero-order valence-electron chi connectivity index (χ0n) is 18.0. The van der Waals surface area contributed by atoms with Crippen molar-refractivity contribution in [2.75, 3.05) is 69.5 Å². The number of anilines is 2. The number of ether oxygens (including phenoxy) is 4. The van der Waals surface area contributed by atoms with Crippen LogP contribution in [0, 0.1) is 12.8 Å². The number of nitrogens with one attached hydrogen (secondary N) is 1. The SMILES string of the molecule is Cc1c(NCC2CCOC2)nc(-c2cccc(OCC3CO3)c2)nc1N1CCOCC1. The Balaban J connectivity index is 1.43. The van der Waals surface area contributed by atoms with E-state index in [-0.39, 0.29) is 6.10 Å². The molecule has 0 saturated carbocycles. The van der Waals surface area contributed by atoms with Gasteiger partial charge in [0.25, 0.3) is 0 Å². The largest absolute Gasteiger partial charge is 0.491 e. The first-order valence-corrected chi connectivity index (χ1v) is 11.1. The Morgan fingerprint density at radius 2 is 2.00 bits per heavy atom. The van der Waals surface area contributed by atoms with Gasteiger partial charge in [-0.15, -0.1) is 0 Å². The average Bonchev–Trinajstić information content (AvgIpc) is 3.50. The highest BCUT2D eigenvalue weighted by Crippen LogP contribution is 2.30. The second-order valence-electron chi connectivity index (χ2n) is 8.35. The van der Waals surface area contributed by atoms with Gasteiger partial charge in [0.15, 0.2) is 5.82 Å². The minimum absolute atomic E-state index is 0.225. The van der Waals surface area contributed by atoms with E-state index in [9.17, 15) is 0 Å². The lowest BCUT2D eigenvalue weighted by molar-refractivity contribution is 0.122. The lowest BCUT2D eigenvalue weighted by Crippen LogP contribution is -2.37. The lowest BCUT2D eigenvalue weighted by Gasteiger charge is -2.30. The highest BCUT2D eigenvalue weighted by molar-refractivity contribution is 5.67. The van der Waals surface area contributed by atoms with Gasteiger partial charge in [0.05, 0.1) is 26.4 Å². The fourth-order valence-electron chi connectivity index (χ4n) is 3.95. The molecule has 2 atom stereocenters. The van der Waals surface area contributed by atoms with Gasteiger partial charge < -0.3 is 29.2 Å². The summed E-state index contributed by atoms with van der Waals surface area (Å²) in [5, 5.41) is 3.57. The fourth-order valence-corrected chi connectivity index (χ4v) is 3.95. The summed E-state index contributed by atoms with van der Waals surface area (Å²) < 4.78 is 22.2. The Bertz CT molecular complexity index is 893. The monoisotopic (exact) mass is 426 g/mol. The van der Waals surface area contributed by atoms with Crippen LogP contribution >= 0.6 is 0 Å². The topological polar surface area (TPSA) is 81.3 Å². The number of benzene rings is 1. The van der Waals surface area contributed by atoms with Crippen LogP contribution in [0.2, 0.25) is 0 Å². The molecule has 8 nitrogen and oxygen atoms in total. The zero-order chi connectivity index (χ0) is 21.0. The first-order valence-electron chi connectivity index (χ1n) is 11.1. The van der Waals surface area contributed by atoms with E-state index in [4.69, 9.17) is 28.9 Å². The molecule has 1 aromatic heterocycles. The maximum Gasteiger partial charge on any atom is 0.164 e. The molecule has 3 aliphatic rings. The van der Waals surface area contributed by atoms with Crippen LogP contribution in [-0.2, 0) is 14.2 Å². The second-order valence-corrected chi connectivity index (χ2v) is 8.35. The van der Waals surface area contributed by atoms with Gasteiger partial charge in [-0.05, 0) is 25.5 Å². The summed E-state index contributed by atoms with van der Waals surface area (Å²) in [6.45, 7) is 9.05. The Labute approximate surface area is 182 Å². The summed E-state index contributed by atoms with van der Waals surface area (Å²) in [6.07, 6.45) is 1.31. The van der Waals surface area contributed by atoms with E-state index in [0.29, 0.717) is 31.6 Å². The van der Waals surface area contributed by atoms with Crippen LogP contribution in [0.4, 0.5) is 11.6 Å². The Morgan fingerprint density at radius 1 is 1.13 bits per heavy atom. The van der Waals surface area contributed by atoms with E-state index in [0.717, 1.165) is 74.4 Å². The quantitative estimate of drug-likeness (QED) is 0.645. The summed E-state index contributed by atoms with van der Waals surface area (Å²) in [6, 6.07) is 7.98. The predicted octanol–water partition coefficient (Wildman–Crippen LogP) is 2.51. The molecule has 3 fully saturated rings. The standard InChI is InChI=1S/C23H30N4O4/c1-16-21(24-12-17-5-8-29-13-17)25-22(26-23(16)27-6-9-28-10-7-27)18-3-2-4-19(11-18)30-14-20-15-31-20/h2-4,11,17,20H,5-10,12-15H2,1H3,(H,24,25,26). The third-order valence-electron chi connectivity index (χ3n) is 5.94. The van der Waals surface area contributed by atoms with Crippen LogP contribution in [0.1, 0.15) is 12.0 Å². The first-order chi connectivity index (χ1) is 15.3. The normalized spacial score (nSPS) is 23.1. The van der Waals surface area contributed by atoms with Crippen LogP contribution in [0.3, 0.4) is 0 Å². The minimum Gasteiger partial charge on any atom is -0.491 e. The summed E-state index contributed by atoms with van der Waals surface area (Å²) >= 11 is 0. The van der Waals surface area contributed by atoms with Gasteiger partial charge in [-0.25, -0.2) is 9.97 Å². The number of nitrogens with zero attached hydrogens (tertiary/aromatic N) is 3. The van der Waals surface area contributed by atoms with E-state index in [2.05, 4.69) is 17.1 Å². The number of hydrogen-bond donors (Lipinski definition) is 1. The van der Waals surface area contributed by atoms with Gasteiger partial charge in [-0.2, -0.15) is 0 Å². The molecule has 0 aliphatic carbocycles. The van der Waals surface area contributed by atoms with Crippen molar-refractivity contribution in [2.45, 2.75) is 19.4 Å². The fraction of sp³-hybridized carbons (Fsp3) is 0.565. The molecule has 1 N–H and O–H groups in total. The van der Waals surface area contributed by atoms with E-state index in [1.165, 1.54) is 0 Å². The molecule has 1 aromatic carbocycles. The molecular weight excluding hydrogens is 396 g/mol. The molecule has 166 valence electrons. The Morgan fingerprint density at radius 3 is 2.77 bits per heavy atom. The zero-order valence-corrected chi connectivity index (χ0v) is 18.0. The molecule has 0 amide bonds. The Kier molecular flexibility index (Phi) is 6.20. The molecule has 0 bridgehead atoms. The van der Waals surface area contributed by atoms with Gasteiger partial charge >= 0.3 is 0 Å². The molecule has 3 aliphatic heterocycles. The van der Waals surface area contributed by atoms with Crippen molar-refractivity contribution in [3.63, 3.8) is 0 Å². The minimum atomic E-state index is 0.225. The maximum absolute atomic E-state index is 5.87. The number of epoxide rings is 1. The highest BCUT2D eigenvalue weighted by atomic mass is 16.6. The van der Waals surface area contributed by atoms with Crippen LogP contribution in [0.5, 0.6) is 5.75 Å². The van der Waals surface area contributed by atoms with Gasteiger partial charge in [0.2, 0.25) is 0 Å². The third kappa shape index (κ3) is 5.08. The highest BCUT2D eigenvalue weighted by Gasteiger charge is 2.24. The molecule has 5 rings (SSSR count). The second kappa shape index (κ2) is 9.38. The number of morpholine rings is 1. The number of rotatable bonds is 8. The van der Waals surface area contributed by atoms with Crippen molar-refractivity contribution in [2.24, 2.45) is 5.92 Å². The van der Waals surface area contributed by atoms with E-state index >= 15 is 0 Å². The lowest BCUT2D eigenvalue weighted by atomic mass is 10.1. The van der Waals surface area contributed by atoms with E-state index < -0.39 is 0 Å². The van der Waals surface area contributed by atoms with Crippen molar-refractivity contribution >= 4 is 11.6 Å². The number of aromatic nitrogens is 2. The average molecular weight is 427 g/mol. The van der Waals surface area contributed by atoms with Crippen LogP contribution in [0.25, 0.3) is 11.4 Å². The van der Waals surface area contributed by atoms with Crippen LogP contribution < -0.4 is 15.0 Å². The van der Waals surface area contributed by atoms with Gasteiger partial charge in [0, 0.05) is 43.3 Å². The van der Waals surface area contributed by atoms with Crippen molar-refractivity contribution in [1.82, 2.24) is 9.97 Å². The van der Waals surface area contributed by atoms with E-state index in [1.54, 1.807) is 0 Å². The Hall–Kier alpha value is -2.42. The summed E-state index contributed by atoms with van der Waals surface area (Å²) in [5.74, 6) is 3.88. The van der Waals surface area contributed by atoms with Gasteiger partial charge in [-0.3, -0.25) is 0 Å². The first kappa shape index (κ1) is 20.5. The van der Waals surface area contributed by atoms with Crippen molar-refractivity contribution in [3.8, 4) is 17.1 Å². The smallest absolute Gasteiger partial charge is 0.164 e. The molecular formula is C23H30N4O4. The molecule has 3 saturated heterocycles.